The number of carbonyl (C=O) groups excluding carboxylic acids is 2. The molecule has 2 aliphatic rings. The fourth-order valence-electron chi connectivity index (χ4n) is 2.17. The van der Waals surface area contributed by atoms with E-state index in [-0.39, 0.29) is 11.5 Å². The molecule has 0 unspecified atom stereocenters. The molecule has 4 N–H and O–H groups in total. The molecule has 2 saturated carbocycles. The summed E-state index contributed by atoms with van der Waals surface area (Å²) in [5.74, 6) is -0.486. The maximum absolute atomic E-state index is 11.5. The monoisotopic (exact) mass is 255 g/mol. The van der Waals surface area contributed by atoms with Gasteiger partial charge in [0.25, 0.3) is 0 Å². The third-order valence-corrected chi connectivity index (χ3v) is 3.71. The van der Waals surface area contributed by atoms with Crippen LogP contribution in [-0.4, -0.2) is 29.9 Å². The van der Waals surface area contributed by atoms with Crippen LogP contribution in [0.4, 0.5) is 0 Å². The molecule has 0 aliphatic heterocycles. The summed E-state index contributed by atoms with van der Waals surface area (Å²) in [5, 5.41) is 5.06. The van der Waals surface area contributed by atoms with Crippen molar-refractivity contribution in [1.82, 2.24) is 10.6 Å². The Kier molecular flexibility index (Phi) is 3.33. The molecule has 0 aromatic carbocycles. The molecule has 0 aromatic rings. The molecule has 2 aliphatic carbocycles. The van der Waals surface area contributed by atoms with Gasteiger partial charge in [-0.2, -0.15) is 0 Å². The number of amides is 2. The van der Waals surface area contributed by atoms with E-state index < -0.39 is 11.8 Å². The second-order valence-electron chi connectivity index (χ2n) is 4.97. The zero-order chi connectivity index (χ0) is 12.5. The Morgan fingerprint density at radius 1 is 1.24 bits per heavy atom. The number of rotatable bonds is 5. The van der Waals surface area contributed by atoms with Crippen LogP contribution < -0.4 is 16.4 Å². The molecule has 0 aromatic heterocycles. The fourth-order valence-corrected chi connectivity index (χ4v) is 2.24. The van der Waals surface area contributed by atoms with E-state index in [1.165, 1.54) is 25.7 Å². The predicted molar refractivity (Wildman–Crippen MR) is 67.2 cm³/mol. The van der Waals surface area contributed by atoms with Crippen molar-refractivity contribution >= 4 is 29.0 Å². The summed E-state index contributed by atoms with van der Waals surface area (Å²) >= 11 is 4.61. The summed E-state index contributed by atoms with van der Waals surface area (Å²) in [6, 6.07) is 0. The minimum atomic E-state index is -0.663. The third-order valence-electron chi connectivity index (χ3n) is 3.57. The lowest BCUT2D eigenvalue weighted by Crippen LogP contribution is -2.44. The highest BCUT2D eigenvalue weighted by atomic mass is 32.1. The molecular weight excluding hydrogens is 238 g/mol. The Hall–Kier alpha value is -1.17. The van der Waals surface area contributed by atoms with Crippen molar-refractivity contribution in [2.45, 2.75) is 25.7 Å². The zero-order valence-corrected chi connectivity index (χ0v) is 10.4. The van der Waals surface area contributed by atoms with Crippen LogP contribution in [0.2, 0.25) is 0 Å². The van der Waals surface area contributed by atoms with Crippen molar-refractivity contribution in [1.29, 1.82) is 0 Å². The van der Waals surface area contributed by atoms with Crippen molar-refractivity contribution < 1.29 is 9.59 Å². The molecule has 17 heavy (non-hydrogen) atoms. The number of nitrogens with two attached hydrogens (primary N) is 1. The van der Waals surface area contributed by atoms with E-state index in [9.17, 15) is 9.59 Å². The Bertz CT molecular complexity index is 362. The largest absolute Gasteiger partial charge is 0.392 e. The van der Waals surface area contributed by atoms with E-state index in [0.29, 0.717) is 12.0 Å². The molecule has 6 heteroatoms. The van der Waals surface area contributed by atoms with Crippen LogP contribution in [0.5, 0.6) is 0 Å². The standard InChI is InChI=1S/C11H17N3O2S/c12-8(17)5-13-9(15)10(16)14-6-11(3-4-11)7-1-2-7/h7H,1-6H2,(H2,12,17)(H,13,15)(H,14,16). The van der Waals surface area contributed by atoms with Gasteiger partial charge in [-0.3, -0.25) is 9.59 Å². The van der Waals surface area contributed by atoms with Crippen LogP contribution in [0, 0.1) is 11.3 Å². The van der Waals surface area contributed by atoms with E-state index in [1.54, 1.807) is 0 Å². The van der Waals surface area contributed by atoms with Crippen LogP contribution in [0.25, 0.3) is 0 Å². The molecule has 94 valence electrons. The lowest BCUT2D eigenvalue weighted by Gasteiger charge is -2.14. The van der Waals surface area contributed by atoms with Crippen LogP contribution >= 0.6 is 12.2 Å². The first-order valence-electron chi connectivity index (χ1n) is 5.88. The highest BCUT2D eigenvalue weighted by Gasteiger charge is 2.53. The van der Waals surface area contributed by atoms with E-state index in [2.05, 4.69) is 22.9 Å². The summed E-state index contributed by atoms with van der Waals surface area (Å²) in [6.07, 6.45) is 4.88. The molecule has 2 rings (SSSR count). The first-order chi connectivity index (χ1) is 8.03. The van der Waals surface area contributed by atoms with Gasteiger partial charge in [0.05, 0.1) is 11.5 Å². The number of nitrogens with one attached hydrogen (secondary N) is 2. The van der Waals surface area contributed by atoms with Gasteiger partial charge in [0.1, 0.15) is 0 Å². The van der Waals surface area contributed by atoms with Crippen molar-refractivity contribution in [2.24, 2.45) is 17.1 Å². The minimum absolute atomic E-state index is 0.0648. The summed E-state index contributed by atoms with van der Waals surface area (Å²) in [4.78, 5) is 23.0. The highest BCUT2D eigenvalue weighted by Crippen LogP contribution is 2.60. The Labute approximate surface area is 105 Å². The molecule has 0 bridgehead atoms. The number of hydrogen-bond donors (Lipinski definition) is 3. The SMILES string of the molecule is NC(=S)CNC(=O)C(=O)NCC1(C2CC2)CC1. The lowest BCUT2D eigenvalue weighted by atomic mass is 10.0. The lowest BCUT2D eigenvalue weighted by molar-refractivity contribution is -0.139. The van der Waals surface area contributed by atoms with Gasteiger partial charge in [-0.25, -0.2) is 0 Å². The van der Waals surface area contributed by atoms with Gasteiger partial charge in [0, 0.05) is 6.54 Å². The molecule has 2 fully saturated rings. The van der Waals surface area contributed by atoms with Crippen molar-refractivity contribution in [3.63, 3.8) is 0 Å². The summed E-state index contributed by atoms with van der Waals surface area (Å²) in [5.41, 5.74) is 5.53. The van der Waals surface area contributed by atoms with Crippen molar-refractivity contribution in [2.75, 3.05) is 13.1 Å². The molecule has 0 atom stereocenters. The van der Waals surface area contributed by atoms with E-state index in [1.807, 2.05) is 0 Å². The van der Waals surface area contributed by atoms with Gasteiger partial charge in [0.2, 0.25) is 0 Å². The summed E-state index contributed by atoms with van der Waals surface area (Å²) < 4.78 is 0. The zero-order valence-electron chi connectivity index (χ0n) is 9.62. The van der Waals surface area contributed by atoms with E-state index in [4.69, 9.17) is 5.73 Å². The van der Waals surface area contributed by atoms with Crippen molar-refractivity contribution in [3.8, 4) is 0 Å². The minimum Gasteiger partial charge on any atom is -0.392 e. The second kappa shape index (κ2) is 4.60. The fraction of sp³-hybridized carbons (Fsp3) is 0.727. The molecule has 0 spiro atoms. The van der Waals surface area contributed by atoms with Crippen LogP contribution in [0.3, 0.4) is 0 Å². The molecule has 2 amide bonds. The van der Waals surface area contributed by atoms with Crippen LogP contribution in [-0.2, 0) is 9.59 Å². The molecular formula is C11H17N3O2S. The van der Waals surface area contributed by atoms with Gasteiger partial charge in [-0.1, -0.05) is 12.2 Å². The predicted octanol–water partition coefficient (Wildman–Crippen LogP) is -0.305. The average molecular weight is 255 g/mol. The topological polar surface area (TPSA) is 84.2 Å². The normalized spacial score (nSPS) is 20.5. The quantitative estimate of drug-likeness (QED) is 0.465. The van der Waals surface area contributed by atoms with Crippen LogP contribution in [0.15, 0.2) is 0 Å². The number of hydrogen-bond acceptors (Lipinski definition) is 3. The number of thiocarbonyl (C=S) groups is 1. The van der Waals surface area contributed by atoms with Gasteiger partial charge >= 0.3 is 11.8 Å². The van der Waals surface area contributed by atoms with E-state index in [0.717, 1.165) is 5.92 Å². The highest BCUT2D eigenvalue weighted by molar-refractivity contribution is 7.80. The Morgan fingerprint density at radius 2 is 1.82 bits per heavy atom. The van der Waals surface area contributed by atoms with E-state index >= 15 is 0 Å². The van der Waals surface area contributed by atoms with Gasteiger partial charge in [-0.05, 0) is 37.0 Å². The second-order valence-corrected chi connectivity index (χ2v) is 5.49. The van der Waals surface area contributed by atoms with Gasteiger partial charge in [0.15, 0.2) is 0 Å². The number of carbonyl (C=O) groups is 2. The van der Waals surface area contributed by atoms with Gasteiger partial charge in [-0.15, -0.1) is 0 Å². The Balaban J connectivity index is 1.69. The van der Waals surface area contributed by atoms with Gasteiger partial charge < -0.3 is 16.4 Å². The van der Waals surface area contributed by atoms with Crippen molar-refractivity contribution in [3.05, 3.63) is 0 Å². The Morgan fingerprint density at radius 3 is 2.29 bits per heavy atom. The molecule has 0 heterocycles. The van der Waals surface area contributed by atoms with Crippen LogP contribution in [0.1, 0.15) is 25.7 Å². The first-order valence-corrected chi connectivity index (χ1v) is 6.29. The summed E-state index contributed by atoms with van der Waals surface area (Å²) in [7, 11) is 0. The maximum Gasteiger partial charge on any atom is 0.309 e. The summed E-state index contributed by atoms with van der Waals surface area (Å²) in [6.45, 7) is 0.687. The molecule has 5 nitrogen and oxygen atoms in total. The molecule has 0 saturated heterocycles. The smallest absolute Gasteiger partial charge is 0.309 e. The average Bonchev–Trinajstić information content (AvgIpc) is 3.14. The third kappa shape index (κ3) is 3.15. The molecule has 0 radical (unpaired) electrons. The maximum atomic E-state index is 11.5. The first kappa shape index (κ1) is 12.3.